The van der Waals surface area contributed by atoms with Crippen LogP contribution in [0, 0.1) is 4.77 Å². The number of nitrogens with one attached hydrogen (secondary N) is 1. The number of rotatable bonds is 4. The van der Waals surface area contributed by atoms with Crippen molar-refractivity contribution in [3.05, 3.63) is 20.8 Å². The van der Waals surface area contributed by atoms with Gasteiger partial charge in [-0.15, -0.1) is 0 Å². The molecule has 0 aliphatic carbocycles. The normalized spacial score (nSPS) is 10.1. The highest BCUT2D eigenvalue weighted by atomic mass is 32.1. The molecule has 0 aliphatic rings. The van der Waals surface area contributed by atoms with E-state index < -0.39 is 5.56 Å². The number of ether oxygens (including phenoxy) is 1. The zero-order chi connectivity index (χ0) is 12.1. The van der Waals surface area contributed by atoms with Gasteiger partial charge in [0.1, 0.15) is 5.69 Å². The molecule has 1 aromatic heterocycles. The second-order valence-corrected chi connectivity index (χ2v) is 3.34. The van der Waals surface area contributed by atoms with E-state index in [-0.39, 0.29) is 29.3 Å². The highest BCUT2D eigenvalue weighted by molar-refractivity contribution is 7.71. The third kappa shape index (κ3) is 2.89. The number of hydrogen-bond donors (Lipinski definition) is 2. The molecule has 1 aromatic rings. The minimum atomic E-state index is -0.506. The molecule has 0 amide bonds. The van der Waals surface area contributed by atoms with Gasteiger partial charge in [-0.25, -0.2) is 0 Å². The predicted octanol–water partition coefficient (Wildman–Crippen LogP) is -0.490. The molecule has 0 bridgehead atoms. The molecule has 0 aromatic carbocycles. The summed E-state index contributed by atoms with van der Waals surface area (Å²) in [6, 6.07) is 0. The van der Waals surface area contributed by atoms with E-state index in [4.69, 9.17) is 22.8 Å². The number of carbonyl (C=O) groups excluding carboxylic acids is 1. The van der Waals surface area contributed by atoms with Gasteiger partial charge in [-0.05, 0) is 19.1 Å². The van der Waals surface area contributed by atoms with Crippen molar-refractivity contribution in [1.82, 2.24) is 14.9 Å². The van der Waals surface area contributed by atoms with Gasteiger partial charge in [0.05, 0.1) is 13.0 Å². The van der Waals surface area contributed by atoms with E-state index in [0.29, 0.717) is 6.61 Å². The lowest BCUT2D eigenvalue weighted by molar-refractivity contribution is -0.143. The smallest absolute Gasteiger partial charge is 0.306 e. The molecule has 0 saturated carbocycles. The minimum Gasteiger partial charge on any atom is -0.466 e. The van der Waals surface area contributed by atoms with Crippen molar-refractivity contribution in [2.75, 3.05) is 12.4 Å². The molecule has 1 heterocycles. The maximum Gasteiger partial charge on any atom is 0.306 e. The monoisotopic (exact) mass is 244 g/mol. The number of H-pyrrole nitrogens is 1. The molecule has 0 saturated heterocycles. The average Bonchev–Trinajstić information content (AvgIpc) is 2.25. The van der Waals surface area contributed by atoms with Gasteiger partial charge in [0, 0.05) is 6.42 Å². The Morgan fingerprint density at radius 2 is 2.38 bits per heavy atom. The molecule has 1 rings (SSSR count). The molecule has 0 atom stereocenters. The summed E-state index contributed by atoms with van der Waals surface area (Å²) in [5.74, 6) is 4.98. The molecule has 0 aliphatic heterocycles. The molecule has 0 radical (unpaired) electrons. The van der Waals surface area contributed by atoms with Crippen LogP contribution in [0.25, 0.3) is 0 Å². The van der Waals surface area contributed by atoms with Crippen LogP contribution in [-0.4, -0.2) is 27.4 Å². The second kappa shape index (κ2) is 5.40. The van der Waals surface area contributed by atoms with Gasteiger partial charge < -0.3 is 10.6 Å². The third-order valence-corrected chi connectivity index (χ3v) is 2.13. The fourth-order valence-electron chi connectivity index (χ4n) is 1.06. The van der Waals surface area contributed by atoms with Gasteiger partial charge in [-0.2, -0.15) is 9.77 Å². The van der Waals surface area contributed by atoms with E-state index in [1.165, 1.54) is 0 Å². The van der Waals surface area contributed by atoms with Crippen molar-refractivity contribution >= 4 is 18.2 Å². The van der Waals surface area contributed by atoms with Crippen LogP contribution in [0.3, 0.4) is 0 Å². The van der Waals surface area contributed by atoms with Gasteiger partial charge in [-0.1, -0.05) is 0 Å². The quantitative estimate of drug-likeness (QED) is 0.421. The first-order valence-corrected chi connectivity index (χ1v) is 5.08. The summed E-state index contributed by atoms with van der Waals surface area (Å²) in [5, 5.41) is 6.14. The maximum atomic E-state index is 11.5. The lowest BCUT2D eigenvalue weighted by Crippen LogP contribution is -2.32. The zero-order valence-electron chi connectivity index (χ0n) is 8.73. The summed E-state index contributed by atoms with van der Waals surface area (Å²) in [5.41, 5.74) is -0.350. The number of esters is 1. The number of nitrogens with two attached hydrogens (primary N) is 1. The maximum absolute atomic E-state index is 11.5. The average molecular weight is 244 g/mol. The van der Waals surface area contributed by atoms with Crippen LogP contribution in [0.1, 0.15) is 19.0 Å². The summed E-state index contributed by atoms with van der Waals surface area (Å²) < 4.78 is 5.53. The van der Waals surface area contributed by atoms with Gasteiger partial charge in [0.2, 0.25) is 4.77 Å². The Labute approximate surface area is 96.2 Å². The molecular formula is C8H12N4O3S. The number of aromatic amines is 1. The second-order valence-electron chi connectivity index (χ2n) is 2.96. The Hall–Kier alpha value is -1.70. The van der Waals surface area contributed by atoms with Crippen molar-refractivity contribution < 1.29 is 9.53 Å². The van der Waals surface area contributed by atoms with E-state index in [1.54, 1.807) is 6.92 Å². The number of carbonyl (C=O) groups is 1. The first-order valence-electron chi connectivity index (χ1n) is 4.67. The molecule has 0 spiro atoms. The largest absolute Gasteiger partial charge is 0.466 e. The highest BCUT2D eigenvalue weighted by Crippen LogP contribution is 1.94. The van der Waals surface area contributed by atoms with Crippen molar-refractivity contribution in [2.24, 2.45) is 0 Å². The van der Waals surface area contributed by atoms with Crippen molar-refractivity contribution in [1.29, 1.82) is 0 Å². The van der Waals surface area contributed by atoms with Gasteiger partial charge in [0.25, 0.3) is 5.56 Å². The van der Waals surface area contributed by atoms with E-state index in [2.05, 4.69) is 10.2 Å². The van der Waals surface area contributed by atoms with Crippen LogP contribution >= 0.6 is 12.2 Å². The molecule has 0 fully saturated rings. The zero-order valence-corrected chi connectivity index (χ0v) is 9.54. The van der Waals surface area contributed by atoms with Crippen LogP contribution in [0.15, 0.2) is 4.79 Å². The van der Waals surface area contributed by atoms with Crippen LogP contribution < -0.4 is 11.4 Å². The fraction of sp³-hybridized carbons (Fsp3) is 0.500. The molecule has 0 unspecified atom stereocenters. The summed E-state index contributed by atoms with van der Waals surface area (Å²) >= 11 is 4.71. The SMILES string of the molecule is CCOC(=O)CCc1n[nH]c(=S)n(N)c1=O. The Balaban J connectivity index is 2.76. The van der Waals surface area contributed by atoms with E-state index in [9.17, 15) is 9.59 Å². The number of nitrogen functional groups attached to an aromatic ring is 1. The van der Waals surface area contributed by atoms with Crippen molar-refractivity contribution in [3.8, 4) is 0 Å². The van der Waals surface area contributed by atoms with Gasteiger partial charge in [-0.3, -0.25) is 14.7 Å². The predicted molar refractivity (Wildman–Crippen MR) is 58.8 cm³/mol. The molecule has 3 N–H and O–H groups in total. The number of hydrogen-bond acceptors (Lipinski definition) is 6. The van der Waals surface area contributed by atoms with Gasteiger partial charge >= 0.3 is 5.97 Å². The summed E-state index contributed by atoms with van der Waals surface area (Å²) in [7, 11) is 0. The Morgan fingerprint density at radius 1 is 1.69 bits per heavy atom. The number of nitrogens with zero attached hydrogens (tertiary/aromatic N) is 2. The molecule has 7 nitrogen and oxygen atoms in total. The van der Waals surface area contributed by atoms with Crippen LogP contribution in [0.4, 0.5) is 0 Å². The summed E-state index contributed by atoms with van der Waals surface area (Å²) in [6.07, 6.45) is 0.252. The molecule has 16 heavy (non-hydrogen) atoms. The standard InChI is InChI=1S/C8H12N4O3S/c1-2-15-6(13)4-3-5-7(14)12(9)8(16)11-10-5/h2-4,9H2,1H3,(H,11,16). The first kappa shape index (κ1) is 12.4. The molecular weight excluding hydrogens is 232 g/mol. The molecule has 88 valence electrons. The minimum absolute atomic E-state index is 0.0323. The first-order chi connectivity index (χ1) is 7.56. The van der Waals surface area contributed by atoms with Crippen LogP contribution in [0.2, 0.25) is 0 Å². The topological polar surface area (TPSA) is 103 Å². The van der Waals surface area contributed by atoms with Gasteiger partial charge in [0.15, 0.2) is 0 Å². The highest BCUT2D eigenvalue weighted by Gasteiger charge is 2.08. The van der Waals surface area contributed by atoms with E-state index >= 15 is 0 Å². The number of aryl methyl sites for hydroxylation is 1. The Morgan fingerprint density at radius 3 is 3.00 bits per heavy atom. The Kier molecular flexibility index (Phi) is 4.18. The summed E-state index contributed by atoms with van der Waals surface area (Å²) in [6.45, 7) is 2.02. The van der Waals surface area contributed by atoms with Crippen molar-refractivity contribution in [3.63, 3.8) is 0 Å². The van der Waals surface area contributed by atoms with E-state index in [1.807, 2.05) is 0 Å². The number of aromatic nitrogens is 3. The third-order valence-electron chi connectivity index (χ3n) is 1.84. The lowest BCUT2D eigenvalue weighted by Gasteiger charge is -2.02. The van der Waals surface area contributed by atoms with E-state index in [0.717, 1.165) is 4.68 Å². The van der Waals surface area contributed by atoms with Crippen LogP contribution in [0.5, 0.6) is 0 Å². The molecule has 8 heteroatoms. The lowest BCUT2D eigenvalue weighted by atomic mass is 10.2. The Bertz CT molecular complexity index is 493. The fourth-order valence-corrected chi connectivity index (χ4v) is 1.19. The van der Waals surface area contributed by atoms with Crippen LogP contribution in [-0.2, 0) is 16.0 Å². The summed E-state index contributed by atoms with van der Waals surface area (Å²) in [4.78, 5) is 22.6. The van der Waals surface area contributed by atoms with Crippen molar-refractivity contribution in [2.45, 2.75) is 19.8 Å².